The largest absolute Gasteiger partial charge is 0.477 e. The first kappa shape index (κ1) is 18.1. The van der Waals surface area contributed by atoms with Crippen molar-refractivity contribution in [1.82, 2.24) is 20.3 Å². The summed E-state index contributed by atoms with van der Waals surface area (Å²) in [6.07, 6.45) is 2.01. The number of thiophene rings is 1. The fraction of sp³-hybridized carbons (Fsp3) is 0.333. The van der Waals surface area contributed by atoms with Crippen LogP contribution in [-0.4, -0.2) is 34.0 Å². The van der Waals surface area contributed by atoms with Crippen molar-refractivity contribution in [2.24, 2.45) is 0 Å². The smallest absolute Gasteiger partial charge is 0.259 e. The first-order chi connectivity index (χ1) is 12.5. The Labute approximate surface area is 154 Å². The molecular formula is C18H20N4O3S. The van der Waals surface area contributed by atoms with Crippen LogP contribution in [0.4, 0.5) is 0 Å². The van der Waals surface area contributed by atoms with Crippen molar-refractivity contribution in [2.45, 2.75) is 27.2 Å². The number of aromatic nitrogens is 3. The zero-order chi connectivity index (χ0) is 18.7. The third-order valence-corrected chi connectivity index (χ3v) is 5.13. The van der Waals surface area contributed by atoms with Crippen LogP contribution in [0.3, 0.4) is 0 Å². The van der Waals surface area contributed by atoms with Crippen LogP contribution in [0.5, 0.6) is 5.88 Å². The van der Waals surface area contributed by atoms with E-state index in [-0.39, 0.29) is 11.5 Å². The number of hydrogen-bond acceptors (Lipinski definition) is 6. The lowest BCUT2D eigenvalue weighted by atomic mass is 10.2. The van der Waals surface area contributed by atoms with E-state index in [0.717, 1.165) is 15.3 Å². The third-order valence-electron chi connectivity index (χ3n) is 4.03. The predicted octanol–water partition coefficient (Wildman–Crippen LogP) is 2.37. The molecule has 0 atom stereocenters. The van der Waals surface area contributed by atoms with Crippen LogP contribution in [0.25, 0.3) is 10.2 Å². The molecule has 3 aromatic rings. The number of fused-ring (bicyclic) bond motifs is 1. The Balaban J connectivity index is 1.69. The Bertz CT molecular complexity index is 1010. The number of carbonyl (C=O) groups excluding carboxylic acids is 1. The van der Waals surface area contributed by atoms with Crippen LogP contribution in [0.1, 0.15) is 33.5 Å². The standard InChI is InChI=1S/C18H20N4O3S/c1-4-25-17-12(6-5-8-20-17)15(23)19-9-7-13-21-16(24)14-10(2)11(3)26-18(14)22-13/h5-6,8H,4,7,9H2,1-3H3,(H,19,23)(H,21,22,24). The van der Waals surface area contributed by atoms with Crippen molar-refractivity contribution in [1.29, 1.82) is 0 Å². The molecule has 0 fully saturated rings. The normalized spacial score (nSPS) is 10.9. The molecule has 0 aliphatic carbocycles. The van der Waals surface area contributed by atoms with Crippen LogP contribution in [0.15, 0.2) is 23.1 Å². The Morgan fingerprint density at radius 3 is 2.96 bits per heavy atom. The zero-order valence-electron chi connectivity index (χ0n) is 14.9. The molecule has 136 valence electrons. The molecule has 0 aliphatic rings. The molecule has 1 amide bonds. The van der Waals surface area contributed by atoms with Crippen LogP contribution >= 0.6 is 11.3 Å². The molecule has 0 bridgehead atoms. The number of carbonyl (C=O) groups is 1. The highest BCUT2D eigenvalue weighted by molar-refractivity contribution is 7.18. The summed E-state index contributed by atoms with van der Waals surface area (Å²) in [5.41, 5.74) is 1.22. The number of amides is 1. The van der Waals surface area contributed by atoms with E-state index in [1.165, 1.54) is 11.3 Å². The lowest BCUT2D eigenvalue weighted by molar-refractivity contribution is 0.0949. The second-order valence-corrected chi connectivity index (χ2v) is 6.97. The number of pyridine rings is 1. The van der Waals surface area contributed by atoms with Gasteiger partial charge in [-0.2, -0.15) is 0 Å². The minimum Gasteiger partial charge on any atom is -0.477 e. The van der Waals surface area contributed by atoms with Gasteiger partial charge in [0.1, 0.15) is 16.2 Å². The minimum atomic E-state index is -0.271. The van der Waals surface area contributed by atoms with Gasteiger partial charge in [-0.25, -0.2) is 9.97 Å². The molecule has 8 heteroatoms. The number of aromatic amines is 1. The average molecular weight is 372 g/mol. The van der Waals surface area contributed by atoms with Gasteiger partial charge in [-0.1, -0.05) is 0 Å². The first-order valence-corrected chi connectivity index (χ1v) is 9.17. The third kappa shape index (κ3) is 3.60. The van der Waals surface area contributed by atoms with Crippen LogP contribution < -0.4 is 15.6 Å². The van der Waals surface area contributed by atoms with Gasteiger partial charge in [0.05, 0.1) is 12.0 Å². The van der Waals surface area contributed by atoms with Gasteiger partial charge in [-0.3, -0.25) is 9.59 Å². The second-order valence-electron chi connectivity index (χ2n) is 5.77. The molecule has 0 saturated heterocycles. The van der Waals surface area contributed by atoms with Crippen molar-refractivity contribution in [3.05, 3.63) is 50.5 Å². The van der Waals surface area contributed by atoms with Crippen molar-refractivity contribution in [3.8, 4) is 5.88 Å². The van der Waals surface area contributed by atoms with Gasteiger partial charge in [-0.05, 0) is 38.5 Å². The molecule has 0 saturated carbocycles. The molecule has 0 aliphatic heterocycles. The molecule has 0 spiro atoms. The molecule has 3 heterocycles. The first-order valence-electron chi connectivity index (χ1n) is 8.36. The molecule has 3 aromatic heterocycles. The molecule has 2 N–H and O–H groups in total. The Morgan fingerprint density at radius 2 is 2.19 bits per heavy atom. The predicted molar refractivity (Wildman–Crippen MR) is 101 cm³/mol. The van der Waals surface area contributed by atoms with Gasteiger partial charge in [0.2, 0.25) is 5.88 Å². The van der Waals surface area contributed by atoms with Crippen molar-refractivity contribution in [3.63, 3.8) is 0 Å². The summed E-state index contributed by atoms with van der Waals surface area (Å²) in [5, 5.41) is 3.46. The number of H-pyrrole nitrogens is 1. The topological polar surface area (TPSA) is 97.0 Å². The summed E-state index contributed by atoms with van der Waals surface area (Å²) < 4.78 is 5.37. The minimum absolute atomic E-state index is 0.135. The summed E-state index contributed by atoms with van der Waals surface area (Å²) in [7, 11) is 0. The van der Waals surface area contributed by atoms with E-state index in [1.807, 2.05) is 20.8 Å². The fourth-order valence-corrected chi connectivity index (χ4v) is 3.67. The van der Waals surface area contributed by atoms with E-state index < -0.39 is 0 Å². The number of nitrogens with one attached hydrogen (secondary N) is 2. The summed E-state index contributed by atoms with van der Waals surface area (Å²) in [6.45, 7) is 6.52. The molecule has 0 radical (unpaired) electrons. The number of hydrogen-bond donors (Lipinski definition) is 2. The number of rotatable bonds is 6. The Morgan fingerprint density at radius 1 is 1.38 bits per heavy atom. The SMILES string of the molecule is CCOc1ncccc1C(=O)NCCc1nc2sc(C)c(C)c2c(=O)[nH]1. The van der Waals surface area contributed by atoms with E-state index >= 15 is 0 Å². The van der Waals surface area contributed by atoms with Gasteiger partial charge in [0.15, 0.2) is 0 Å². The lowest BCUT2D eigenvalue weighted by Crippen LogP contribution is -2.27. The quantitative estimate of drug-likeness (QED) is 0.692. The number of nitrogens with zero attached hydrogens (tertiary/aromatic N) is 2. The maximum absolute atomic E-state index is 12.3. The average Bonchev–Trinajstić information content (AvgIpc) is 2.90. The van der Waals surface area contributed by atoms with Gasteiger partial charge >= 0.3 is 0 Å². The Hall–Kier alpha value is -2.74. The number of ether oxygens (including phenoxy) is 1. The summed E-state index contributed by atoms with van der Waals surface area (Å²) in [4.78, 5) is 37.8. The highest BCUT2D eigenvalue weighted by Gasteiger charge is 2.14. The molecule has 7 nitrogen and oxygen atoms in total. The van der Waals surface area contributed by atoms with Gasteiger partial charge in [0.25, 0.3) is 11.5 Å². The molecule has 26 heavy (non-hydrogen) atoms. The van der Waals surface area contributed by atoms with Crippen LogP contribution in [-0.2, 0) is 6.42 Å². The van der Waals surface area contributed by atoms with Crippen molar-refractivity contribution in [2.75, 3.05) is 13.2 Å². The summed E-state index contributed by atoms with van der Waals surface area (Å²) in [6, 6.07) is 3.35. The molecule has 0 aromatic carbocycles. The maximum Gasteiger partial charge on any atom is 0.259 e. The highest BCUT2D eigenvalue weighted by Crippen LogP contribution is 2.25. The Kier molecular flexibility index (Phi) is 5.32. The highest BCUT2D eigenvalue weighted by atomic mass is 32.1. The second kappa shape index (κ2) is 7.65. The van der Waals surface area contributed by atoms with Crippen molar-refractivity contribution < 1.29 is 9.53 Å². The molecule has 0 unspecified atom stereocenters. The van der Waals surface area contributed by atoms with E-state index in [9.17, 15) is 9.59 Å². The number of aryl methyl sites for hydroxylation is 2. The van der Waals surface area contributed by atoms with Gasteiger partial charge in [0, 0.05) is 24.0 Å². The van der Waals surface area contributed by atoms with Gasteiger partial charge in [-0.15, -0.1) is 11.3 Å². The van der Waals surface area contributed by atoms with Crippen LogP contribution in [0, 0.1) is 13.8 Å². The monoisotopic (exact) mass is 372 g/mol. The molecule has 3 rings (SSSR count). The fourth-order valence-electron chi connectivity index (χ4n) is 2.62. The van der Waals surface area contributed by atoms with Crippen LogP contribution in [0.2, 0.25) is 0 Å². The van der Waals surface area contributed by atoms with E-state index in [0.29, 0.717) is 42.2 Å². The van der Waals surface area contributed by atoms with E-state index in [2.05, 4.69) is 20.3 Å². The lowest BCUT2D eigenvalue weighted by Gasteiger charge is -2.09. The van der Waals surface area contributed by atoms with Crippen molar-refractivity contribution >= 4 is 27.5 Å². The molecular weight excluding hydrogens is 352 g/mol. The van der Waals surface area contributed by atoms with E-state index in [4.69, 9.17) is 4.74 Å². The zero-order valence-corrected chi connectivity index (χ0v) is 15.7. The summed E-state index contributed by atoms with van der Waals surface area (Å²) in [5.74, 6) is 0.595. The maximum atomic E-state index is 12.3. The van der Waals surface area contributed by atoms with Gasteiger partial charge < -0.3 is 15.0 Å². The van der Waals surface area contributed by atoms with E-state index in [1.54, 1.807) is 18.3 Å². The summed E-state index contributed by atoms with van der Waals surface area (Å²) >= 11 is 1.51.